The summed E-state index contributed by atoms with van der Waals surface area (Å²) in [5.74, 6) is 0.00546. The lowest BCUT2D eigenvalue weighted by Gasteiger charge is -2.14. The molecule has 0 fully saturated rings. The minimum atomic E-state index is -0.603. The number of carbonyl (C=O) groups excluding carboxylic acids is 2. The Morgan fingerprint density at radius 2 is 1.81 bits per heavy atom. The predicted octanol–water partition coefficient (Wildman–Crippen LogP) is 3.13. The Morgan fingerprint density at radius 3 is 2.46 bits per heavy atom. The highest BCUT2D eigenvalue weighted by Gasteiger charge is 2.15. The van der Waals surface area contributed by atoms with Crippen molar-refractivity contribution in [1.82, 2.24) is 5.32 Å². The monoisotopic (exact) mass is 357 g/mol. The molecule has 0 saturated heterocycles. The summed E-state index contributed by atoms with van der Waals surface area (Å²) in [6, 6.07) is 14.1. The molecule has 26 heavy (non-hydrogen) atoms. The summed E-state index contributed by atoms with van der Waals surface area (Å²) in [6.45, 7) is 3.86. The van der Waals surface area contributed by atoms with Gasteiger partial charge in [0.1, 0.15) is 0 Å². The summed E-state index contributed by atoms with van der Waals surface area (Å²) in [6.07, 6.45) is 0. The van der Waals surface area contributed by atoms with E-state index in [1.165, 1.54) is 13.2 Å². The summed E-state index contributed by atoms with van der Waals surface area (Å²) >= 11 is 0. The van der Waals surface area contributed by atoms with Crippen molar-refractivity contribution in [2.75, 3.05) is 20.3 Å². The lowest BCUT2D eigenvalue weighted by Crippen LogP contribution is -2.31. The molecule has 0 aliphatic rings. The van der Waals surface area contributed by atoms with Crippen LogP contribution in [0.5, 0.6) is 11.5 Å². The minimum Gasteiger partial charge on any atom is -0.493 e. The average Bonchev–Trinajstić information content (AvgIpc) is 2.67. The molecule has 0 saturated carbocycles. The number of nitrogens with one attached hydrogen (secondary N) is 1. The second kappa shape index (κ2) is 9.46. The van der Waals surface area contributed by atoms with E-state index in [0.717, 1.165) is 5.56 Å². The fourth-order valence-corrected chi connectivity index (χ4v) is 2.39. The predicted molar refractivity (Wildman–Crippen MR) is 97.4 cm³/mol. The van der Waals surface area contributed by atoms with E-state index < -0.39 is 5.97 Å². The first-order chi connectivity index (χ1) is 12.5. The molecule has 0 heterocycles. The highest BCUT2D eigenvalue weighted by molar-refractivity contribution is 5.92. The molecule has 0 spiro atoms. The molecule has 6 nitrogen and oxygen atoms in total. The molecular weight excluding hydrogens is 334 g/mol. The van der Waals surface area contributed by atoms with E-state index in [4.69, 9.17) is 14.2 Å². The number of carbonyl (C=O) groups is 2. The molecule has 6 heteroatoms. The molecule has 0 aliphatic carbocycles. The van der Waals surface area contributed by atoms with Gasteiger partial charge >= 0.3 is 5.97 Å². The molecular formula is C20H23NO5. The summed E-state index contributed by atoms with van der Waals surface area (Å²) in [5.41, 5.74) is 1.26. The standard InChI is InChI=1S/C20H23NO5/c1-4-25-17-11-10-16(12-18(17)24-3)20(23)26-13-19(22)21-14(2)15-8-6-5-7-9-15/h5-12,14H,4,13H2,1-3H3,(H,21,22). The second-order valence-corrected chi connectivity index (χ2v) is 5.57. The van der Waals surface area contributed by atoms with Gasteiger partial charge < -0.3 is 19.5 Å². The van der Waals surface area contributed by atoms with Gasteiger partial charge in [-0.25, -0.2) is 4.79 Å². The molecule has 2 aromatic rings. The maximum absolute atomic E-state index is 12.1. The normalized spacial score (nSPS) is 11.3. The third-order valence-corrected chi connectivity index (χ3v) is 3.71. The largest absolute Gasteiger partial charge is 0.493 e. The smallest absolute Gasteiger partial charge is 0.338 e. The number of methoxy groups -OCH3 is 1. The van der Waals surface area contributed by atoms with E-state index in [0.29, 0.717) is 18.1 Å². The van der Waals surface area contributed by atoms with Crippen LogP contribution in [0.3, 0.4) is 0 Å². The van der Waals surface area contributed by atoms with Crippen molar-refractivity contribution >= 4 is 11.9 Å². The number of amides is 1. The molecule has 0 aromatic heterocycles. The van der Waals surface area contributed by atoms with Gasteiger partial charge in [0.2, 0.25) is 0 Å². The van der Waals surface area contributed by atoms with Gasteiger partial charge in [0.15, 0.2) is 18.1 Å². The number of esters is 1. The van der Waals surface area contributed by atoms with Crippen molar-refractivity contribution in [2.45, 2.75) is 19.9 Å². The lowest BCUT2D eigenvalue weighted by atomic mass is 10.1. The summed E-state index contributed by atoms with van der Waals surface area (Å²) < 4.78 is 15.7. The van der Waals surface area contributed by atoms with Crippen molar-refractivity contribution in [1.29, 1.82) is 0 Å². The van der Waals surface area contributed by atoms with E-state index in [2.05, 4.69) is 5.32 Å². The fraction of sp³-hybridized carbons (Fsp3) is 0.300. The maximum Gasteiger partial charge on any atom is 0.338 e. The summed E-state index contributed by atoms with van der Waals surface area (Å²) in [7, 11) is 1.49. The first kappa shape index (κ1) is 19.3. The van der Waals surface area contributed by atoms with E-state index in [1.807, 2.05) is 44.2 Å². The van der Waals surface area contributed by atoms with Crippen LogP contribution in [0.4, 0.5) is 0 Å². The van der Waals surface area contributed by atoms with E-state index in [9.17, 15) is 9.59 Å². The molecule has 138 valence electrons. The molecule has 0 radical (unpaired) electrons. The maximum atomic E-state index is 12.1. The Balaban J connectivity index is 1.90. The Bertz CT molecular complexity index is 745. The lowest BCUT2D eigenvalue weighted by molar-refractivity contribution is -0.124. The van der Waals surface area contributed by atoms with Gasteiger partial charge in [-0.1, -0.05) is 30.3 Å². The van der Waals surface area contributed by atoms with Crippen molar-refractivity contribution in [2.24, 2.45) is 0 Å². The third kappa shape index (κ3) is 5.24. The quantitative estimate of drug-likeness (QED) is 0.735. The van der Waals surface area contributed by atoms with Gasteiger partial charge in [-0.3, -0.25) is 4.79 Å². The highest BCUT2D eigenvalue weighted by atomic mass is 16.5. The molecule has 2 rings (SSSR count). The van der Waals surface area contributed by atoms with Crippen LogP contribution < -0.4 is 14.8 Å². The third-order valence-electron chi connectivity index (χ3n) is 3.71. The number of hydrogen-bond acceptors (Lipinski definition) is 5. The van der Waals surface area contributed by atoms with Gasteiger partial charge in [0, 0.05) is 0 Å². The Kier molecular flexibility index (Phi) is 7.02. The summed E-state index contributed by atoms with van der Waals surface area (Å²) in [5, 5.41) is 2.79. The molecule has 0 bridgehead atoms. The second-order valence-electron chi connectivity index (χ2n) is 5.57. The molecule has 1 amide bonds. The Labute approximate surface area is 153 Å². The zero-order chi connectivity index (χ0) is 18.9. The Morgan fingerprint density at radius 1 is 1.08 bits per heavy atom. The minimum absolute atomic E-state index is 0.173. The summed E-state index contributed by atoms with van der Waals surface area (Å²) in [4.78, 5) is 24.1. The molecule has 2 aromatic carbocycles. The van der Waals surface area contributed by atoms with Crippen LogP contribution in [-0.2, 0) is 9.53 Å². The zero-order valence-electron chi connectivity index (χ0n) is 15.2. The van der Waals surface area contributed by atoms with Crippen molar-refractivity contribution in [3.05, 3.63) is 59.7 Å². The first-order valence-electron chi connectivity index (χ1n) is 8.37. The zero-order valence-corrected chi connectivity index (χ0v) is 15.2. The van der Waals surface area contributed by atoms with Gasteiger partial charge in [-0.2, -0.15) is 0 Å². The first-order valence-corrected chi connectivity index (χ1v) is 8.37. The van der Waals surface area contributed by atoms with Gasteiger partial charge in [-0.15, -0.1) is 0 Å². The van der Waals surface area contributed by atoms with Crippen LogP contribution in [0.1, 0.15) is 35.8 Å². The molecule has 1 N–H and O–H groups in total. The molecule has 1 unspecified atom stereocenters. The van der Waals surface area contributed by atoms with Crippen LogP contribution >= 0.6 is 0 Å². The fourth-order valence-electron chi connectivity index (χ4n) is 2.39. The number of rotatable bonds is 8. The van der Waals surface area contributed by atoms with Crippen molar-refractivity contribution < 1.29 is 23.8 Å². The van der Waals surface area contributed by atoms with E-state index >= 15 is 0 Å². The Hall–Kier alpha value is -3.02. The van der Waals surface area contributed by atoms with Gasteiger partial charge in [0.05, 0.1) is 25.3 Å². The van der Waals surface area contributed by atoms with Crippen molar-refractivity contribution in [3.63, 3.8) is 0 Å². The topological polar surface area (TPSA) is 73.9 Å². The number of ether oxygens (including phenoxy) is 3. The molecule has 0 aliphatic heterocycles. The van der Waals surface area contributed by atoms with Gasteiger partial charge in [0.25, 0.3) is 5.91 Å². The van der Waals surface area contributed by atoms with Crippen LogP contribution in [0.2, 0.25) is 0 Å². The van der Waals surface area contributed by atoms with Crippen LogP contribution in [0.25, 0.3) is 0 Å². The van der Waals surface area contributed by atoms with Crippen LogP contribution in [0, 0.1) is 0 Å². The average molecular weight is 357 g/mol. The van der Waals surface area contributed by atoms with E-state index in [1.54, 1.807) is 12.1 Å². The van der Waals surface area contributed by atoms with Crippen molar-refractivity contribution in [3.8, 4) is 11.5 Å². The number of hydrogen-bond donors (Lipinski definition) is 1. The van der Waals surface area contributed by atoms with E-state index in [-0.39, 0.29) is 24.1 Å². The van der Waals surface area contributed by atoms with Crippen LogP contribution in [0.15, 0.2) is 48.5 Å². The highest BCUT2D eigenvalue weighted by Crippen LogP contribution is 2.28. The molecule has 1 atom stereocenters. The van der Waals surface area contributed by atoms with Gasteiger partial charge in [-0.05, 0) is 37.6 Å². The number of benzene rings is 2. The van der Waals surface area contributed by atoms with Crippen LogP contribution in [-0.4, -0.2) is 32.2 Å². The SMILES string of the molecule is CCOc1ccc(C(=O)OCC(=O)NC(C)c2ccccc2)cc1OC.